The number of carbonyl (C=O) groups excluding carboxylic acids is 2. The third-order valence-corrected chi connectivity index (χ3v) is 5.97. The summed E-state index contributed by atoms with van der Waals surface area (Å²) in [6, 6.07) is 8.93. The van der Waals surface area contributed by atoms with Crippen LogP contribution in [0.25, 0.3) is 11.0 Å². The second-order valence-electron chi connectivity index (χ2n) is 10.1. The van der Waals surface area contributed by atoms with Crippen LogP contribution in [-0.4, -0.2) is 57.8 Å². The van der Waals surface area contributed by atoms with E-state index in [1.807, 2.05) is 17.7 Å². The lowest BCUT2D eigenvalue weighted by Gasteiger charge is -2.27. The lowest BCUT2D eigenvalue weighted by atomic mass is 10.0. The highest BCUT2D eigenvalue weighted by molar-refractivity contribution is 6.13. The number of nitrogens with one attached hydrogen (secondary N) is 1. The fourth-order valence-corrected chi connectivity index (χ4v) is 4.13. The highest BCUT2D eigenvalue weighted by Crippen LogP contribution is 2.29. The van der Waals surface area contributed by atoms with Gasteiger partial charge in [0.25, 0.3) is 11.8 Å². The van der Waals surface area contributed by atoms with Gasteiger partial charge in [0.2, 0.25) is 0 Å². The number of carbonyl (C=O) groups is 2. The Balaban J connectivity index is 1.70. The monoisotopic (exact) mass is 463 g/mol. The topological polar surface area (TPSA) is 89.3 Å². The molecule has 0 radical (unpaired) electrons. The second kappa shape index (κ2) is 9.18. The summed E-state index contributed by atoms with van der Waals surface area (Å²) in [5.74, 6) is -0.161. The fourth-order valence-electron chi connectivity index (χ4n) is 4.13. The average Bonchev–Trinajstić information content (AvgIpc) is 3.15. The van der Waals surface area contributed by atoms with Gasteiger partial charge in [-0.3, -0.25) is 9.59 Å². The van der Waals surface area contributed by atoms with Crippen molar-refractivity contribution in [3.63, 3.8) is 0 Å². The van der Waals surface area contributed by atoms with Crippen LogP contribution in [0.15, 0.2) is 30.3 Å². The van der Waals surface area contributed by atoms with Gasteiger partial charge in [0, 0.05) is 30.0 Å². The van der Waals surface area contributed by atoms with Crippen molar-refractivity contribution in [2.75, 3.05) is 31.6 Å². The van der Waals surface area contributed by atoms with Crippen LogP contribution in [0.1, 0.15) is 72.6 Å². The molecule has 0 atom stereocenters. The number of ether oxygens (including phenoxy) is 1. The number of benzene rings is 1. The van der Waals surface area contributed by atoms with E-state index in [1.54, 1.807) is 29.2 Å². The van der Waals surface area contributed by atoms with Crippen molar-refractivity contribution < 1.29 is 14.3 Å². The summed E-state index contributed by atoms with van der Waals surface area (Å²) < 4.78 is 7.23. The average molecular weight is 464 g/mol. The number of hydrogen-bond donors (Lipinski definition) is 1. The van der Waals surface area contributed by atoms with Crippen LogP contribution in [-0.2, 0) is 10.3 Å². The Bertz CT molecular complexity index is 1230. The molecule has 0 spiro atoms. The van der Waals surface area contributed by atoms with Crippen LogP contribution < -0.4 is 5.32 Å². The summed E-state index contributed by atoms with van der Waals surface area (Å²) in [6.45, 7) is 14.4. The number of amides is 2. The molecule has 1 fully saturated rings. The molecule has 8 nitrogen and oxygen atoms in total. The number of nitrogens with zero attached hydrogens (tertiary/aromatic N) is 4. The van der Waals surface area contributed by atoms with Crippen molar-refractivity contribution in [2.45, 2.75) is 53.0 Å². The molecule has 4 rings (SSSR count). The molecule has 1 aliphatic rings. The fraction of sp³-hybridized carbons (Fsp3) is 0.462. The molecule has 8 heteroatoms. The number of rotatable bonds is 4. The normalized spacial score (nSPS) is 14.6. The smallest absolute Gasteiger partial charge is 0.256 e. The van der Waals surface area contributed by atoms with Gasteiger partial charge in [-0.2, -0.15) is 5.10 Å². The van der Waals surface area contributed by atoms with Gasteiger partial charge >= 0.3 is 0 Å². The van der Waals surface area contributed by atoms with E-state index >= 15 is 0 Å². The number of pyridine rings is 1. The van der Waals surface area contributed by atoms with Gasteiger partial charge in [0.1, 0.15) is 0 Å². The van der Waals surface area contributed by atoms with Gasteiger partial charge in [0.05, 0.1) is 35.4 Å². The Morgan fingerprint density at radius 1 is 1.12 bits per heavy atom. The highest BCUT2D eigenvalue weighted by Gasteiger charge is 2.25. The Morgan fingerprint density at radius 2 is 1.82 bits per heavy atom. The number of aromatic nitrogens is 3. The number of hydrogen-bond acceptors (Lipinski definition) is 5. The summed E-state index contributed by atoms with van der Waals surface area (Å²) in [5, 5.41) is 8.45. The molecule has 34 heavy (non-hydrogen) atoms. The largest absolute Gasteiger partial charge is 0.378 e. The van der Waals surface area contributed by atoms with E-state index in [1.165, 1.54) is 0 Å². The van der Waals surface area contributed by atoms with E-state index < -0.39 is 0 Å². The van der Waals surface area contributed by atoms with E-state index in [4.69, 9.17) is 14.8 Å². The number of anilines is 1. The minimum Gasteiger partial charge on any atom is -0.378 e. The summed E-state index contributed by atoms with van der Waals surface area (Å²) >= 11 is 0. The Morgan fingerprint density at radius 3 is 2.47 bits per heavy atom. The van der Waals surface area contributed by atoms with E-state index in [9.17, 15) is 9.59 Å². The van der Waals surface area contributed by atoms with E-state index in [0.717, 1.165) is 16.8 Å². The molecule has 1 saturated heterocycles. The minimum atomic E-state index is -0.281. The van der Waals surface area contributed by atoms with Crippen LogP contribution >= 0.6 is 0 Å². The van der Waals surface area contributed by atoms with Crippen molar-refractivity contribution in [3.05, 3.63) is 52.8 Å². The van der Waals surface area contributed by atoms with Crippen LogP contribution in [0.3, 0.4) is 0 Å². The van der Waals surface area contributed by atoms with Crippen LogP contribution in [0.5, 0.6) is 0 Å². The Hall–Kier alpha value is -3.26. The lowest BCUT2D eigenvalue weighted by Crippen LogP contribution is -2.40. The molecule has 0 aliphatic carbocycles. The van der Waals surface area contributed by atoms with E-state index in [0.29, 0.717) is 48.8 Å². The van der Waals surface area contributed by atoms with Crippen molar-refractivity contribution in [2.24, 2.45) is 0 Å². The SMILES string of the molecule is Cc1nn(C(C)(C)C)c2nc(C(C)C)cc(C(=O)Nc3cccc(C(=O)N4CCOCC4)c3)c12. The Kier molecular flexibility index (Phi) is 6.45. The molecule has 1 N–H and O–H groups in total. The predicted molar refractivity (Wildman–Crippen MR) is 132 cm³/mol. The molecule has 1 aromatic carbocycles. The molecule has 2 aromatic heterocycles. The van der Waals surface area contributed by atoms with Gasteiger partial charge in [-0.15, -0.1) is 0 Å². The Labute approximate surface area is 200 Å². The summed E-state index contributed by atoms with van der Waals surface area (Å²) in [5.41, 5.74) is 3.66. The van der Waals surface area contributed by atoms with E-state index in [2.05, 4.69) is 39.9 Å². The summed E-state index contributed by atoms with van der Waals surface area (Å²) in [7, 11) is 0. The standard InChI is InChI=1S/C26H33N5O3/c1-16(2)21-15-20(22-17(3)29-31(23(22)28-21)26(4,5)6)24(32)27-19-9-7-8-18(14-19)25(33)30-10-12-34-13-11-30/h7-9,14-16H,10-13H2,1-6H3,(H,27,32). The molecule has 0 bridgehead atoms. The maximum atomic E-state index is 13.5. The van der Waals surface area contributed by atoms with Gasteiger partial charge in [0.15, 0.2) is 5.65 Å². The molecular weight excluding hydrogens is 430 g/mol. The lowest BCUT2D eigenvalue weighted by molar-refractivity contribution is 0.0303. The predicted octanol–water partition coefficient (Wildman–Crippen LogP) is 4.34. The first-order valence-electron chi connectivity index (χ1n) is 11.8. The van der Waals surface area contributed by atoms with Crippen molar-refractivity contribution in [1.82, 2.24) is 19.7 Å². The minimum absolute atomic E-state index is 0.0601. The quantitative estimate of drug-likeness (QED) is 0.622. The van der Waals surface area contributed by atoms with Crippen molar-refractivity contribution in [1.29, 1.82) is 0 Å². The highest BCUT2D eigenvalue weighted by atomic mass is 16.5. The maximum Gasteiger partial charge on any atom is 0.256 e. The molecule has 3 aromatic rings. The molecule has 0 saturated carbocycles. The maximum absolute atomic E-state index is 13.5. The van der Waals surface area contributed by atoms with Gasteiger partial charge in [-0.25, -0.2) is 9.67 Å². The third-order valence-electron chi connectivity index (χ3n) is 5.97. The molecule has 0 unspecified atom stereocenters. The first-order valence-corrected chi connectivity index (χ1v) is 11.8. The van der Waals surface area contributed by atoms with Gasteiger partial charge < -0.3 is 15.0 Å². The number of aryl methyl sites for hydroxylation is 1. The first kappa shape index (κ1) is 23.9. The van der Waals surface area contributed by atoms with E-state index in [-0.39, 0.29) is 23.3 Å². The first-order chi connectivity index (χ1) is 16.1. The molecule has 1 aliphatic heterocycles. The second-order valence-corrected chi connectivity index (χ2v) is 10.1. The van der Waals surface area contributed by atoms with Crippen molar-refractivity contribution >= 4 is 28.5 Å². The molecule has 180 valence electrons. The zero-order valence-electron chi connectivity index (χ0n) is 20.8. The van der Waals surface area contributed by atoms with Crippen molar-refractivity contribution in [3.8, 4) is 0 Å². The third kappa shape index (κ3) is 4.68. The summed E-state index contributed by atoms with van der Waals surface area (Å²) in [4.78, 5) is 33.0. The zero-order chi connectivity index (χ0) is 24.6. The molecule has 3 heterocycles. The number of morpholine rings is 1. The summed E-state index contributed by atoms with van der Waals surface area (Å²) in [6.07, 6.45) is 0. The van der Waals surface area contributed by atoms with Crippen LogP contribution in [0, 0.1) is 6.92 Å². The van der Waals surface area contributed by atoms with Crippen LogP contribution in [0.2, 0.25) is 0 Å². The number of fused-ring (bicyclic) bond motifs is 1. The van der Waals surface area contributed by atoms with Crippen LogP contribution in [0.4, 0.5) is 5.69 Å². The zero-order valence-corrected chi connectivity index (χ0v) is 20.8. The molecular formula is C26H33N5O3. The van der Waals surface area contributed by atoms with Gasteiger partial charge in [-0.1, -0.05) is 19.9 Å². The van der Waals surface area contributed by atoms with Gasteiger partial charge in [-0.05, 0) is 57.9 Å². The molecule has 2 amide bonds.